The van der Waals surface area contributed by atoms with Crippen LogP contribution in [0.5, 0.6) is 0 Å². The maximum absolute atomic E-state index is 11.2. The second-order valence-corrected chi connectivity index (χ2v) is 5.33. The van der Waals surface area contributed by atoms with Crippen LogP contribution in [0.25, 0.3) is 11.1 Å². The number of halogens is 1. The number of hydrogen-bond acceptors (Lipinski definition) is 2. The van der Waals surface area contributed by atoms with Crippen LogP contribution >= 0.6 is 11.6 Å². The van der Waals surface area contributed by atoms with Crippen molar-refractivity contribution in [1.82, 2.24) is 9.78 Å². The number of primary amides is 1. The molecule has 2 N–H and O–H groups in total. The Morgan fingerprint density at radius 1 is 1.14 bits per heavy atom. The van der Waals surface area contributed by atoms with Gasteiger partial charge in [0.25, 0.3) is 5.91 Å². The van der Waals surface area contributed by atoms with E-state index >= 15 is 0 Å². The van der Waals surface area contributed by atoms with Crippen molar-refractivity contribution in [3.63, 3.8) is 0 Å². The minimum absolute atomic E-state index is 0.383. The number of benzene rings is 2. The molecular weight excluding hydrogens is 298 g/mol. The van der Waals surface area contributed by atoms with Crippen LogP contribution in [0.2, 0.25) is 5.02 Å². The van der Waals surface area contributed by atoms with Gasteiger partial charge in [0.1, 0.15) is 0 Å². The van der Waals surface area contributed by atoms with Gasteiger partial charge >= 0.3 is 0 Å². The average Bonchev–Trinajstić information content (AvgIpc) is 2.99. The number of rotatable bonds is 4. The summed E-state index contributed by atoms with van der Waals surface area (Å²) in [4.78, 5) is 11.2. The van der Waals surface area contributed by atoms with Crippen molar-refractivity contribution in [2.45, 2.75) is 6.54 Å². The molecule has 0 saturated carbocycles. The maximum atomic E-state index is 11.2. The van der Waals surface area contributed by atoms with Crippen molar-refractivity contribution >= 4 is 17.5 Å². The highest BCUT2D eigenvalue weighted by atomic mass is 35.5. The highest BCUT2D eigenvalue weighted by molar-refractivity contribution is 6.31. The Bertz CT molecular complexity index is 812. The van der Waals surface area contributed by atoms with Gasteiger partial charge < -0.3 is 5.73 Å². The Morgan fingerprint density at radius 2 is 1.91 bits per heavy atom. The fraction of sp³-hybridized carbons (Fsp3) is 0.0588. The minimum atomic E-state index is -0.492. The first-order valence-electron chi connectivity index (χ1n) is 6.80. The second kappa shape index (κ2) is 6.03. The summed E-state index contributed by atoms with van der Waals surface area (Å²) in [7, 11) is 0. The van der Waals surface area contributed by atoms with Gasteiger partial charge in [-0.15, -0.1) is 0 Å². The molecule has 1 heterocycles. The van der Waals surface area contributed by atoms with Gasteiger partial charge in [-0.2, -0.15) is 5.10 Å². The summed E-state index contributed by atoms with van der Waals surface area (Å²) >= 11 is 6.37. The number of aromatic nitrogens is 2. The van der Waals surface area contributed by atoms with E-state index in [0.29, 0.717) is 17.1 Å². The maximum Gasteiger partial charge on any atom is 0.251 e. The molecule has 1 aromatic heterocycles. The highest BCUT2D eigenvalue weighted by Crippen LogP contribution is 2.29. The van der Waals surface area contributed by atoms with Gasteiger partial charge in [-0.3, -0.25) is 9.48 Å². The number of nitrogens with zero attached hydrogens (tertiary/aromatic N) is 2. The summed E-state index contributed by atoms with van der Waals surface area (Å²) in [5.41, 5.74) is 8.72. The van der Waals surface area contributed by atoms with Gasteiger partial charge in [0.05, 0.1) is 18.3 Å². The van der Waals surface area contributed by atoms with E-state index in [1.54, 1.807) is 10.9 Å². The van der Waals surface area contributed by atoms with Crippen molar-refractivity contribution in [1.29, 1.82) is 0 Å². The quantitative estimate of drug-likeness (QED) is 0.803. The van der Waals surface area contributed by atoms with Gasteiger partial charge in [0, 0.05) is 11.2 Å². The molecule has 0 saturated heterocycles. The van der Waals surface area contributed by atoms with Gasteiger partial charge in [-0.25, -0.2) is 0 Å². The second-order valence-electron chi connectivity index (χ2n) is 4.92. The largest absolute Gasteiger partial charge is 0.366 e. The number of carbonyl (C=O) groups excluding carboxylic acids is 1. The zero-order valence-corrected chi connectivity index (χ0v) is 12.5. The molecule has 2 aromatic carbocycles. The summed E-state index contributed by atoms with van der Waals surface area (Å²) in [6.45, 7) is 0.469. The molecule has 0 bridgehead atoms. The lowest BCUT2D eigenvalue weighted by Gasteiger charge is -2.12. The lowest BCUT2D eigenvalue weighted by Crippen LogP contribution is -2.09. The smallest absolute Gasteiger partial charge is 0.251 e. The molecule has 1 amide bonds. The van der Waals surface area contributed by atoms with Crippen LogP contribution in [0.4, 0.5) is 0 Å². The Balaban J connectivity index is 2.01. The van der Waals surface area contributed by atoms with Crippen LogP contribution in [0.15, 0.2) is 60.9 Å². The third-order valence-electron chi connectivity index (χ3n) is 3.44. The van der Waals surface area contributed by atoms with E-state index in [1.807, 2.05) is 48.5 Å². The number of hydrogen-bond donors (Lipinski definition) is 1. The summed E-state index contributed by atoms with van der Waals surface area (Å²) in [5, 5.41) is 4.83. The van der Waals surface area contributed by atoms with E-state index in [2.05, 4.69) is 5.10 Å². The Kier molecular flexibility index (Phi) is 3.94. The fourth-order valence-corrected chi connectivity index (χ4v) is 2.58. The molecule has 0 unspecified atom stereocenters. The van der Waals surface area contributed by atoms with Crippen LogP contribution in [0, 0.1) is 0 Å². The third kappa shape index (κ3) is 2.87. The predicted octanol–water partition coefficient (Wildman–Crippen LogP) is 3.35. The van der Waals surface area contributed by atoms with Gasteiger partial charge in [-0.1, -0.05) is 54.1 Å². The number of carbonyl (C=O) groups is 1. The minimum Gasteiger partial charge on any atom is -0.366 e. The normalized spacial score (nSPS) is 10.6. The molecular formula is C17H14ClN3O. The van der Waals surface area contributed by atoms with Gasteiger partial charge in [0.2, 0.25) is 0 Å². The van der Waals surface area contributed by atoms with Crippen LogP contribution < -0.4 is 5.73 Å². The molecule has 0 aliphatic carbocycles. The van der Waals surface area contributed by atoms with Crippen LogP contribution in [0.1, 0.15) is 15.9 Å². The van der Waals surface area contributed by atoms with Crippen LogP contribution in [-0.2, 0) is 6.54 Å². The first-order valence-corrected chi connectivity index (χ1v) is 7.18. The molecule has 0 radical (unpaired) electrons. The number of amides is 1. The molecule has 4 nitrogen and oxygen atoms in total. The van der Waals surface area contributed by atoms with Crippen molar-refractivity contribution in [2.75, 3.05) is 0 Å². The summed E-state index contributed by atoms with van der Waals surface area (Å²) < 4.78 is 1.66. The van der Waals surface area contributed by atoms with Crippen molar-refractivity contribution in [3.05, 3.63) is 77.1 Å². The van der Waals surface area contributed by atoms with E-state index in [4.69, 9.17) is 17.3 Å². The molecule has 110 valence electrons. The first kappa shape index (κ1) is 14.4. The summed E-state index contributed by atoms with van der Waals surface area (Å²) in [5.74, 6) is -0.492. The van der Waals surface area contributed by atoms with E-state index in [9.17, 15) is 4.79 Å². The lowest BCUT2D eigenvalue weighted by molar-refractivity contribution is 0.1000. The topological polar surface area (TPSA) is 60.9 Å². The Morgan fingerprint density at radius 3 is 2.59 bits per heavy atom. The average molecular weight is 312 g/mol. The highest BCUT2D eigenvalue weighted by Gasteiger charge is 2.11. The standard InChI is InChI=1S/C17H14ClN3O/c18-16-8-4-7-14(12-5-2-1-3-6-12)15(16)11-21-10-13(9-20-21)17(19)22/h1-10H,11H2,(H2,19,22). The van der Waals surface area contributed by atoms with E-state index in [-0.39, 0.29) is 0 Å². The van der Waals surface area contributed by atoms with Crippen LogP contribution in [0.3, 0.4) is 0 Å². The molecule has 0 aliphatic heterocycles. The molecule has 0 atom stereocenters. The van der Waals surface area contributed by atoms with Gasteiger partial charge in [-0.05, 0) is 22.8 Å². The van der Waals surface area contributed by atoms with Crippen molar-refractivity contribution in [3.8, 4) is 11.1 Å². The first-order chi connectivity index (χ1) is 10.6. The van der Waals surface area contributed by atoms with E-state index in [1.165, 1.54) is 6.20 Å². The zero-order chi connectivity index (χ0) is 15.5. The van der Waals surface area contributed by atoms with Crippen molar-refractivity contribution < 1.29 is 4.79 Å². The third-order valence-corrected chi connectivity index (χ3v) is 3.80. The molecule has 3 aromatic rings. The van der Waals surface area contributed by atoms with Crippen molar-refractivity contribution in [2.24, 2.45) is 5.73 Å². The van der Waals surface area contributed by atoms with Gasteiger partial charge in [0.15, 0.2) is 0 Å². The molecule has 3 rings (SSSR count). The molecule has 5 heteroatoms. The zero-order valence-electron chi connectivity index (χ0n) is 11.7. The summed E-state index contributed by atoms with van der Waals surface area (Å²) in [6.07, 6.45) is 3.09. The monoisotopic (exact) mass is 311 g/mol. The lowest BCUT2D eigenvalue weighted by atomic mass is 9.99. The Hall–Kier alpha value is -2.59. The molecule has 22 heavy (non-hydrogen) atoms. The molecule has 0 aliphatic rings. The SMILES string of the molecule is NC(=O)c1cnn(Cc2c(Cl)cccc2-c2ccccc2)c1. The molecule has 0 fully saturated rings. The van der Waals surface area contributed by atoms with E-state index in [0.717, 1.165) is 16.7 Å². The van der Waals surface area contributed by atoms with Crippen LogP contribution in [-0.4, -0.2) is 15.7 Å². The predicted molar refractivity (Wildman–Crippen MR) is 86.7 cm³/mol. The Labute approximate surface area is 133 Å². The fourth-order valence-electron chi connectivity index (χ4n) is 2.35. The molecule has 0 spiro atoms. The van der Waals surface area contributed by atoms with E-state index < -0.39 is 5.91 Å². The summed E-state index contributed by atoms with van der Waals surface area (Å²) in [6, 6.07) is 15.8. The number of nitrogens with two attached hydrogens (primary N) is 1.